The second-order valence-electron chi connectivity index (χ2n) is 4.60. The average Bonchev–Trinajstić information content (AvgIpc) is 2.28. The number of rotatable bonds is 3. The van der Waals surface area contributed by atoms with Crippen molar-refractivity contribution in [2.45, 2.75) is 25.8 Å². The van der Waals surface area contributed by atoms with Crippen LogP contribution in [0.4, 0.5) is 10.1 Å². The first-order valence-electron chi connectivity index (χ1n) is 5.74. The van der Waals surface area contributed by atoms with Gasteiger partial charge in [0.05, 0.1) is 18.4 Å². The molecule has 1 fully saturated rings. The summed E-state index contributed by atoms with van der Waals surface area (Å²) >= 11 is 0. The van der Waals surface area contributed by atoms with Gasteiger partial charge in [0.1, 0.15) is 5.82 Å². The summed E-state index contributed by atoms with van der Waals surface area (Å²) in [4.78, 5) is 11.3. The Bertz CT molecular complexity index is 427. The van der Waals surface area contributed by atoms with Crippen molar-refractivity contribution in [3.8, 4) is 0 Å². The van der Waals surface area contributed by atoms with Crippen LogP contribution in [0, 0.1) is 11.7 Å². The van der Waals surface area contributed by atoms with Crippen LogP contribution in [-0.2, 0) is 4.74 Å². The zero-order valence-corrected chi connectivity index (χ0v) is 10.00. The van der Waals surface area contributed by atoms with Crippen LogP contribution in [0.3, 0.4) is 0 Å². The van der Waals surface area contributed by atoms with Crippen LogP contribution in [0.5, 0.6) is 0 Å². The number of hydrogen-bond donors (Lipinski definition) is 1. The number of benzene rings is 1. The summed E-state index contributed by atoms with van der Waals surface area (Å²) in [5, 5.41) is 3.11. The minimum atomic E-state index is -0.449. The van der Waals surface area contributed by atoms with Gasteiger partial charge in [-0.25, -0.2) is 9.18 Å². The fourth-order valence-corrected chi connectivity index (χ4v) is 2.12. The topological polar surface area (TPSA) is 38.3 Å². The summed E-state index contributed by atoms with van der Waals surface area (Å²) in [5.41, 5.74) is 0.744. The molecule has 0 saturated heterocycles. The van der Waals surface area contributed by atoms with Gasteiger partial charge in [-0.3, -0.25) is 0 Å². The third-order valence-corrected chi connectivity index (χ3v) is 3.12. The maximum Gasteiger partial charge on any atom is 0.337 e. The van der Waals surface area contributed by atoms with Crippen LogP contribution < -0.4 is 5.32 Å². The van der Waals surface area contributed by atoms with Gasteiger partial charge in [0.2, 0.25) is 0 Å². The monoisotopic (exact) mass is 237 g/mol. The molecule has 1 saturated carbocycles. The van der Waals surface area contributed by atoms with Gasteiger partial charge in [0, 0.05) is 6.04 Å². The third-order valence-electron chi connectivity index (χ3n) is 3.12. The first-order chi connectivity index (χ1) is 8.10. The van der Waals surface area contributed by atoms with Crippen molar-refractivity contribution >= 4 is 11.7 Å². The number of methoxy groups -OCH3 is 1. The molecule has 3 nitrogen and oxygen atoms in total. The van der Waals surface area contributed by atoms with E-state index in [-0.39, 0.29) is 5.82 Å². The molecular formula is C13H16FNO2. The SMILES string of the molecule is COC(=O)c1ccc(F)c(NC2CC(C)C2)c1. The van der Waals surface area contributed by atoms with Crippen LogP contribution in [0.25, 0.3) is 0 Å². The Labute approximate surface area is 100.0 Å². The molecule has 1 N–H and O–H groups in total. The normalized spacial score (nSPS) is 22.8. The van der Waals surface area contributed by atoms with E-state index >= 15 is 0 Å². The first kappa shape index (κ1) is 11.9. The number of halogens is 1. The lowest BCUT2D eigenvalue weighted by Gasteiger charge is -2.34. The zero-order chi connectivity index (χ0) is 12.4. The maximum atomic E-state index is 13.5. The van der Waals surface area contributed by atoms with Gasteiger partial charge >= 0.3 is 5.97 Å². The number of carbonyl (C=O) groups is 1. The highest BCUT2D eigenvalue weighted by Gasteiger charge is 2.25. The highest BCUT2D eigenvalue weighted by molar-refractivity contribution is 5.90. The largest absolute Gasteiger partial charge is 0.465 e. The molecule has 1 aliphatic carbocycles. The van der Waals surface area contributed by atoms with Gasteiger partial charge in [-0.1, -0.05) is 6.92 Å². The molecule has 0 spiro atoms. The molecule has 1 aromatic rings. The number of hydrogen-bond acceptors (Lipinski definition) is 3. The summed E-state index contributed by atoms with van der Waals surface area (Å²) in [6.07, 6.45) is 2.09. The minimum absolute atomic E-state index is 0.312. The van der Waals surface area contributed by atoms with Gasteiger partial charge in [-0.2, -0.15) is 0 Å². The Morgan fingerprint density at radius 2 is 2.18 bits per heavy atom. The summed E-state index contributed by atoms with van der Waals surface area (Å²) < 4.78 is 18.1. The van der Waals surface area contributed by atoms with Crippen LogP contribution in [0.15, 0.2) is 18.2 Å². The molecule has 0 radical (unpaired) electrons. The Kier molecular flexibility index (Phi) is 3.31. The Morgan fingerprint density at radius 3 is 2.76 bits per heavy atom. The van der Waals surface area contributed by atoms with Crippen LogP contribution in [-0.4, -0.2) is 19.1 Å². The summed E-state index contributed by atoms with van der Waals surface area (Å²) in [6, 6.07) is 4.53. The van der Waals surface area contributed by atoms with Gasteiger partial charge < -0.3 is 10.1 Å². The lowest BCUT2D eigenvalue weighted by Crippen LogP contribution is -2.34. The highest BCUT2D eigenvalue weighted by atomic mass is 19.1. The van der Waals surface area contributed by atoms with Crippen molar-refractivity contribution < 1.29 is 13.9 Å². The predicted octanol–water partition coefficient (Wildman–Crippen LogP) is 2.82. The minimum Gasteiger partial charge on any atom is -0.465 e. The summed E-state index contributed by atoms with van der Waals surface area (Å²) in [7, 11) is 1.31. The molecule has 4 heteroatoms. The molecule has 17 heavy (non-hydrogen) atoms. The van der Waals surface area contributed by atoms with E-state index in [1.54, 1.807) is 0 Å². The fraction of sp³-hybridized carbons (Fsp3) is 0.462. The van der Waals surface area contributed by atoms with Crippen molar-refractivity contribution in [1.82, 2.24) is 0 Å². The lowest BCUT2D eigenvalue weighted by atomic mass is 9.82. The first-order valence-corrected chi connectivity index (χ1v) is 5.74. The lowest BCUT2D eigenvalue weighted by molar-refractivity contribution is 0.0600. The van der Waals surface area contributed by atoms with Gasteiger partial charge in [0.25, 0.3) is 0 Å². The van der Waals surface area contributed by atoms with Crippen molar-refractivity contribution in [2.75, 3.05) is 12.4 Å². The molecule has 0 atom stereocenters. The molecule has 0 aliphatic heterocycles. The zero-order valence-electron chi connectivity index (χ0n) is 10.00. The van der Waals surface area contributed by atoms with Crippen molar-refractivity contribution in [3.05, 3.63) is 29.6 Å². The van der Waals surface area contributed by atoms with Gasteiger partial charge in [-0.15, -0.1) is 0 Å². The number of ether oxygens (including phenoxy) is 1. The van der Waals surface area contributed by atoms with E-state index in [0.29, 0.717) is 23.2 Å². The highest BCUT2D eigenvalue weighted by Crippen LogP contribution is 2.30. The third kappa shape index (κ3) is 2.57. The van der Waals surface area contributed by atoms with Crippen LogP contribution >= 0.6 is 0 Å². The molecule has 1 aromatic carbocycles. The van der Waals surface area contributed by atoms with Crippen molar-refractivity contribution in [3.63, 3.8) is 0 Å². The van der Waals surface area contributed by atoms with Crippen molar-refractivity contribution in [2.24, 2.45) is 5.92 Å². The second kappa shape index (κ2) is 4.73. The molecular weight excluding hydrogens is 221 g/mol. The molecule has 1 aliphatic rings. The molecule has 0 aromatic heterocycles. The molecule has 0 unspecified atom stereocenters. The number of anilines is 1. The number of nitrogens with one attached hydrogen (secondary N) is 1. The predicted molar refractivity (Wildman–Crippen MR) is 63.5 cm³/mol. The van der Waals surface area contributed by atoms with Crippen LogP contribution in [0.1, 0.15) is 30.1 Å². The summed E-state index contributed by atoms with van der Waals surface area (Å²) in [6.45, 7) is 2.17. The smallest absolute Gasteiger partial charge is 0.337 e. The Balaban J connectivity index is 2.12. The molecule has 0 amide bonds. The van der Waals surface area contributed by atoms with Gasteiger partial charge in [-0.05, 0) is 37.0 Å². The number of esters is 1. The fourth-order valence-electron chi connectivity index (χ4n) is 2.12. The maximum absolute atomic E-state index is 13.5. The Hall–Kier alpha value is -1.58. The van der Waals surface area contributed by atoms with E-state index in [0.717, 1.165) is 12.8 Å². The molecule has 0 bridgehead atoms. The van der Waals surface area contributed by atoms with E-state index in [1.165, 1.54) is 25.3 Å². The average molecular weight is 237 g/mol. The van der Waals surface area contributed by atoms with E-state index in [1.807, 2.05) is 0 Å². The van der Waals surface area contributed by atoms with Crippen LogP contribution in [0.2, 0.25) is 0 Å². The Morgan fingerprint density at radius 1 is 1.47 bits per heavy atom. The van der Waals surface area contributed by atoms with E-state index in [9.17, 15) is 9.18 Å². The van der Waals surface area contributed by atoms with E-state index < -0.39 is 5.97 Å². The van der Waals surface area contributed by atoms with Crippen molar-refractivity contribution in [1.29, 1.82) is 0 Å². The molecule has 0 heterocycles. The van der Waals surface area contributed by atoms with E-state index in [4.69, 9.17) is 0 Å². The second-order valence-corrected chi connectivity index (χ2v) is 4.60. The molecule has 92 valence electrons. The quantitative estimate of drug-likeness (QED) is 0.821. The number of carbonyl (C=O) groups excluding carboxylic acids is 1. The molecule has 2 rings (SSSR count). The van der Waals surface area contributed by atoms with Gasteiger partial charge in [0.15, 0.2) is 0 Å². The van der Waals surface area contributed by atoms with E-state index in [2.05, 4.69) is 17.0 Å². The summed E-state index contributed by atoms with van der Waals surface area (Å²) in [5.74, 6) is -0.0911. The standard InChI is InChI=1S/C13H16FNO2/c1-8-5-10(6-8)15-12-7-9(13(16)17-2)3-4-11(12)14/h3-4,7-8,10,15H,5-6H2,1-2H3.